The zero-order chi connectivity index (χ0) is 12.3. The Labute approximate surface area is 87.2 Å². The number of alkyl halides is 3. The van der Waals surface area contributed by atoms with Crippen molar-refractivity contribution in [2.45, 2.75) is 6.18 Å². The molecular weight excluding hydrogens is 231 g/mol. The molecule has 0 aliphatic heterocycles. The number of hydrogen-bond acceptors (Lipinski definition) is 4. The lowest BCUT2D eigenvalue weighted by molar-refractivity contribution is -0.167. The molecule has 0 saturated heterocycles. The van der Waals surface area contributed by atoms with E-state index in [9.17, 15) is 22.8 Å². The maximum atomic E-state index is 11.8. The average molecular weight is 237 g/mol. The van der Waals surface area contributed by atoms with Gasteiger partial charge in [-0.1, -0.05) is 0 Å². The van der Waals surface area contributed by atoms with E-state index >= 15 is 0 Å². The van der Waals surface area contributed by atoms with E-state index in [1.165, 1.54) is 5.32 Å². The van der Waals surface area contributed by atoms with Crippen LogP contribution < -0.4 is 5.32 Å². The summed E-state index contributed by atoms with van der Waals surface area (Å²) < 4.78 is 44.3. The van der Waals surface area contributed by atoms with Crippen molar-refractivity contribution in [1.29, 1.82) is 0 Å². The topological polar surface area (TPSA) is 68.5 Å². The van der Waals surface area contributed by atoms with Crippen LogP contribution in [0.3, 0.4) is 0 Å². The molecule has 1 N–H and O–H groups in total. The third-order valence-electron chi connectivity index (χ3n) is 1.50. The molecule has 0 aromatic carbocycles. The van der Waals surface area contributed by atoms with Crippen LogP contribution in [0.2, 0.25) is 0 Å². The Morgan fingerprint density at radius 2 is 2.06 bits per heavy atom. The van der Waals surface area contributed by atoms with Gasteiger partial charge in [-0.2, -0.15) is 13.2 Å². The fraction of sp³-hybridized carbons (Fsp3) is 0.250. The number of amides is 1. The molecule has 0 unspecified atom stereocenters. The summed E-state index contributed by atoms with van der Waals surface area (Å²) in [5.41, 5.74) is -0.275. The predicted molar refractivity (Wildman–Crippen MR) is 44.7 cm³/mol. The standard InChI is InChI=1S/C8H6F3NO4/c1-15-6(13)5-2-4(3-16-5)12-7(14)8(9,10)11/h2-3H,1H3,(H,12,14). The minimum Gasteiger partial charge on any atom is -0.463 e. The number of ether oxygens (including phenoxy) is 1. The molecule has 88 valence electrons. The first-order chi connectivity index (χ1) is 7.34. The molecule has 0 aliphatic carbocycles. The van der Waals surface area contributed by atoms with Crippen LogP contribution in [0.15, 0.2) is 16.7 Å². The molecule has 16 heavy (non-hydrogen) atoms. The number of nitrogens with one attached hydrogen (secondary N) is 1. The Bertz CT molecular complexity index is 410. The molecule has 1 heterocycles. The Hall–Kier alpha value is -1.99. The summed E-state index contributed by atoms with van der Waals surface area (Å²) in [6.07, 6.45) is -4.20. The van der Waals surface area contributed by atoms with Gasteiger partial charge < -0.3 is 14.5 Å². The van der Waals surface area contributed by atoms with Crippen LogP contribution >= 0.6 is 0 Å². The van der Waals surface area contributed by atoms with Crippen LogP contribution in [-0.2, 0) is 9.53 Å². The summed E-state index contributed by atoms with van der Waals surface area (Å²) >= 11 is 0. The maximum absolute atomic E-state index is 11.8. The SMILES string of the molecule is COC(=O)c1cc(NC(=O)C(F)(F)F)co1. The van der Waals surface area contributed by atoms with Gasteiger partial charge in [0.1, 0.15) is 6.26 Å². The third kappa shape index (κ3) is 2.75. The normalized spacial score (nSPS) is 11.0. The molecule has 5 nitrogen and oxygen atoms in total. The fourth-order valence-corrected chi connectivity index (χ4v) is 0.811. The first-order valence-corrected chi connectivity index (χ1v) is 3.89. The quantitative estimate of drug-likeness (QED) is 0.792. The van der Waals surface area contributed by atoms with Gasteiger partial charge in [-0.05, 0) is 0 Å². The number of halogens is 3. The number of furan rings is 1. The number of carbonyl (C=O) groups excluding carboxylic acids is 2. The van der Waals surface area contributed by atoms with Crippen molar-refractivity contribution in [2.75, 3.05) is 12.4 Å². The Balaban J connectivity index is 2.73. The largest absolute Gasteiger partial charge is 0.471 e. The molecule has 0 bridgehead atoms. The van der Waals surface area contributed by atoms with E-state index in [-0.39, 0.29) is 11.4 Å². The molecule has 0 atom stereocenters. The number of carbonyl (C=O) groups is 2. The monoisotopic (exact) mass is 237 g/mol. The summed E-state index contributed by atoms with van der Waals surface area (Å²) in [5, 5.41) is 1.52. The second-order valence-electron chi connectivity index (χ2n) is 2.64. The first kappa shape index (κ1) is 12.1. The van der Waals surface area contributed by atoms with Gasteiger partial charge in [0.2, 0.25) is 5.76 Å². The highest BCUT2D eigenvalue weighted by molar-refractivity contribution is 5.96. The molecule has 0 aliphatic rings. The smallest absolute Gasteiger partial charge is 0.463 e. The average Bonchev–Trinajstić information content (AvgIpc) is 2.63. The summed E-state index contributed by atoms with van der Waals surface area (Å²) in [6.45, 7) is 0. The zero-order valence-corrected chi connectivity index (χ0v) is 7.92. The van der Waals surface area contributed by atoms with Gasteiger partial charge in [-0.15, -0.1) is 0 Å². The van der Waals surface area contributed by atoms with Crippen LogP contribution in [0.25, 0.3) is 0 Å². The molecule has 0 fully saturated rings. The van der Waals surface area contributed by atoms with Gasteiger partial charge in [0.25, 0.3) is 0 Å². The summed E-state index contributed by atoms with van der Waals surface area (Å²) in [6, 6.07) is 0.926. The minimum absolute atomic E-state index is 0.275. The minimum atomic E-state index is -5.00. The van der Waals surface area contributed by atoms with Crippen molar-refractivity contribution in [2.24, 2.45) is 0 Å². The Morgan fingerprint density at radius 3 is 2.56 bits per heavy atom. The molecule has 1 aromatic rings. The lowest BCUT2D eigenvalue weighted by atomic mass is 10.4. The molecule has 8 heteroatoms. The molecule has 0 spiro atoms. The van der Waals surface area contributed by atoms with Gasteiger partial charge in [0.15, 0.2) is 0 Å². The maximum Gasteiger partial charge on any atom is 0.471 e. The van der Waals surface area contributed by atoms with Crippen molar-refractivity contribution in [1.82, 2.24) is 0 Å². The third-order valence-corrected chi connectivity index (χ3v) is 1.50. The summed E-state index contributed by atoms with van der Waals surface area (Å²) in [4.78, 5) is 21.3. The zero-order valence-electron chi connectivity index (χ0n) is 7.92. The van der Waals surface area contributed by atoms with E-state index in [4.69, 9.17) is 0 Å². The molecule has 0 saturated carbocycles. The van der Waals surface area contributed by atoms with Crippen molar-refractivity contribution in [3.8, 4) is 0 Å². The van der Waals surface area contributed by atoms with Crippen molar-refractivity contribution in [3.05, 3.63) is 18.1 Å². The van der Waals surface area contributed by atoms with Crippen molar-refractivity contribution < 1.29 is 31.9 Å². The van der Waals surface area contributed by atoms with E-state index in [0.717, 1.165) is 19.4 Å². The number of rotatable bonds is 2. The second-order valence-corrected chi connectivity index (χ2v) is 2.64. The van der Waals surface area contributed by atoms with Crippen LogP contribution in [0, 0.1) is 0 Å². The number of esters is 1. The van der Waals surface area contributed by atoms with Gasteiger partial charge in [0, 0.05) is 6.07 Å². The number of methoxy groups -OCH3 is 1. The van der Waals surface area contributed by atoms with Gasteiger partial charge in [-0.25, -0.2) is 4.79 Å². The predicted octanol–water partition coefficient (Wildman–Crippen LogP) is 1.57. The Kier molecular flexibility index (Phi) is 3.21. The van der Waals surface area contributed by atoms with Gasteiger partial charge in [-0.3, -0.25) is 4.79 Å². The molecular formula is C8H6F3NO4. The van der Waals surface area contributed by atoms with Crippen LogP contribution in [-0.4, -0.2) is 25.2 Å². The second kappa shape index (κ2) is 4.25. The first-order valence-electron chi connectivity index (χ1n) is 3.89. The van der Waals surface area contributed by atoms with Crippen LogP contribution in [0.4, 0.5) is 18.9 Å². The Morgan fingerprint density at radius 1 is 1.44 bits per heavy atom. The van der Waals surface area contributed by atoms with Crippen molar-refractivity contribution >= 4 is 17.6 Å². The molecule has 0 radical (unpaired) electrons. The number of hydrogen-bond donors (Lipinski definition) is 1. The van der Waals surface area contributed by atoms with Gasteiger partial charge in [0.05, 0.1) is 12.8 Å². The van der Waals surface area contributed by atoms with Crippen LogP contribution in [0.1, 0.15) is 10.6 Å². The summed E-state index contributed by atoms with van der Waals surface area (Å²) in [7, 11) is 1.08. The van der Waals surface area contributed by atoms with E-state index in [0.29, 0.717) is 0 Å². The summed E-state index contributed by atoms with van der Waals surface area (Å²) in [5.74, 6) is -3.31. The van der Waals surface area contributed by atoms with Gasteiger partial charge >= 0.3 is 18.1 Å². The lowest BCUT2D eigenvalue weighted by Gasteiger charge is -2.04. The van der Waals surface area contributed by atoms with E-state index in [1.54, 1.807) is 0 Å². The molecule has 1 aromatic heterocycles. The highest BCUT2D eigenvalue weighted by Gasteiger charge is 2.38. The highest BCUT2D eigenvalue weighted by atomic mass is 19.4. The molecule has 1 amide bonds. The van der Waals surface area contributed by atoms with E-state index in [2.05, 4.69) is 9.15 Å². The highest BCUT2D eigenvalue weighted by Crippen LogP contribution is 2.20. The van der Waals surface area contributed by atoms with E-state index < -0.39 is 18.1 Å². The number of anilines is 1. The lowest BCUT2D eigenvalue weighted by Crippen LogP contribution is -2.29. The molecule has 1 rings (SSSR count). The van der Waals surface area contributed by atoms with E-state index in [1.807, 2.05) is 0 Å². The fourth-order valence-electron chi connectivity index (χ4n) is 0.811. The van der Waals surface area contributed by atoms with Crippen molar-refractivity contribution in [3.63, 3.8) is 0 Å². The van der Waals surface area contributed by atoms with Crippen LogP contribution in [0.5, 0.6) is 0 Å².